The van der Waals surface area contributed by atoms with Crippen molar-refractivity contribution in [3.8, 4) is 11.6 Å². The molecule has 0 aliphatic carbocycles. The molecule has 1 aromatic carbocycles. The van der Waals surface area contributed by atoms with Crippen molar-refractivity contribution in [3.63, 3.8) is 0 Å². The molecule has 120 valence electrons. The van der Waals surface area contributed by atoms with E-state index in [-0.39, 0.29) is 17.8 Å². The molecule has 0 fully saturated rings. The van der Waals surface area contributed by atoms with E-state index in [2.05, 4.69) is 24.1 Å². The van der Waals surface area contributed by atoms with Gasteiger partial charge < -0.3 is 20.3 Å². The van der Waals surface area contributed by atoms with Crippen LogP contribution >= 0.6 is 0 Å². The number of nitrogens with zero attached hydrogens (tertiary/aromatic N) is 1. The highest BCUT2D eigenvalue weighted by atomic mass is 16.5. The van der Waals surface area contributed by atoms with Crippen LogP contribution < -0.4 is 10.1 Å². The Hall–Kier alpha value is -1.85. The predicted octanol–water partition coefficient (Wildman–Crippen LogP) is 2.76. The van der Waals surface area contributed by atoms with E-state index >= 15 is 0 Å². The molecular formula is C17H24N2O3. The molecule has 0 saturated heterocycles. The monoisotopic (exact) mass is 304 g/mol. The number of methoxy groups -OCH3 is 1. The van der Waals surface area contributed by atoms with Crippen molar-refractivity contribution in [2.24, 2.45) is 0 Å². The van der Waals surface area contributed by atoms with Crippen molar-refractivity contribution < 1.29 is 14.9 Å². The Bertz CT molecular complexity index is 643. The lowest BCUT2D eigenvalue weighted by molar-refractivity contribution is 0.123. The number of fused-ring (bicyclic) bond motifs is 1. The lowest BCUT2D eigenvalue weighted by Gasteiger charge is -2.26. The van der Waals surface area contributed by atoms with Crippen molar-refractivity contribution in [3.05, 3.63) is 29.8 Å². The Morgan fingerprint density at radius 1 is 1.23 bits per heavy atom. The second kappa shape index (κ2) is 6.94. The zero-order chi connectivity index (χ0) is 16.3. The molecule has 5 nitrogen and oxygen atoms in total. The van der Waals surface area contributed by atoms with Gasteiger partial charge in [-0.2, -0.15) is 0 Å². The van der Waals surface area contributed by atoms with E-state index in [4.69, 9.17) is 4.74 Å². The maximum Gasteiger partial charge on any atom is 0.213 e. The number of hydrogen-bond donors (Lipinski definition) is 3. The van der Waals surface area contributed by atoms with Gasteiger partial charge in [0.2, 0.25) is 5.88 Å². The summed E-state index contributed by atoms with van der Waals surface area (Å²) in [5, 5.41) is 24.9. The number of aliphatic hydroxyl groups is 1. The van der Waals surface area contributed by atoms with Crippen LogP contribution in [0.5, 0.6) is 11.6 Å². The van der Waals surface area contributed by atoms with Crippen LogP contribution in [-0.4, -0.2) is 34.4 Å². The van der Waals surface area contributed by atoms with Gasteiger partial charge in [0.15, 0.2) is 0 Å². The fraction of sp³-hybridized carbons (Fsp3) is 0.471. The Morgan fingerprint density at radius 2 is 1.95 bits per heavy atom. The van der Waals surface area contributed by atoms with Crippen molar-refractivity contribution in [1.82, 2.24) is 10.3 Å². The van der Waals surface area contributed by atoms with Gasteiger partial charge in [0.25, 0.3) is 0 Å². The summed E-state index contributed by atoms with van der Waals surface area (Å²) in [5.74, 6) is 0.511. The summed E-state index contributed by atoms with van der Waals surface area (Å²) in [4.78, 5) is 4.28. The highest BCUT2D eigenvalue weighted by molar-refractivity contribution is 5.88. The molecule has 0 aliphatic heterocycles. The number of nitrogens with one attached hydrogen (secondary N) is 1. The first-order valence-corrected chi connectivity index (χ1v) is 7.58. The third-order valence-electron chi connectivity index (χ3n) is 3.74. The van der Waals surface area contributed by atoms with E-state index in [1.54, 1.807) is 18.2 Å². The number of rotatable bonds is 6. The molecular weight excluding hydrogens is 280 g/mol. The van der Waals surface area contributed by atoms with Crippen LogP contribution in [0.1, 0.15) is 38.9 Å². The summed E-state index contributed by atoms with van der Waals surface area (Å²) in [6.45, 7) is 6.14. The maximum absolute atomic E-state index is 10.7. The summed E-state index contributed by atoms with van der Waals surface area (Å²) in [5.41, 5.74) is 1.19. The van der Waals surface area contributed by atoms with Crippen LogP contribution in [0, 0.1) is 0 Å². The van der Waals surface area contributed by atoms with Gasteiger partial charge in [-0.3, -0.25) is 0 Å². The van der Waals surface area contributed by atoms with Gasteiger partial charge in [0, 0.05) is 23.5 Å². The smallest absolute Gasteiger partial charge is 0.213 e. The quantitative estimate of drug-likeness (QED) is 0.765. The third kappa shape index (κ3) is 3.31. The van der Waals surface area contributed by atoms with Crippen LogP contribution in [0.4, 0.5) is 0 Å². The number of phenols is 1. The molecule has 1 aromatic heterocycles. The van der Waals surface area contributed by atoms with Gasteiger partial charge in [0.1, 0.15) is 11.3 Å². The van der Waals surface area contributed by atoms with Crippen molar-refractivity contribution in [2.75, 3.05) is 7.11 Å². The molecule has 3 N–H and O–H groups in total. The van der Waals surface area contributed by atoms with E-state index in [1.807, 2.05) is 13.0 Å². The van der Waals surface area contributed by atoms with Crippen molar-refractivity contribution in [2.45, 2.75) is 45.4 Å². The van der Waals surface area contributed by atoms with Crippen molar-refractivity contribution in [1.29, 1.82) is 0 Å². The highest BCUT2D eigenvalue weighted by Gasteiger charge is 2.22. The molecule has 22 heavy (non-hydrogen) atoms. The largest absolute Gasteiger partial charge is 0.506 e. The molecule has 2 atom stereocenters. The Balaban J connectivity index is 2.48. The minimum Gasteiger partial charge on any atom is -0.506 e. The minimum atomic E-state index is -0.675. The third-order valence-corrected chi connectivity index (χ3v) is 3.74. The van der Waals surface area contributed by atoms with Crippen molar-refractivity contribution >= 4 is 10.9 Å². The molecule has 5 heteroatoms. The van der Waals surface area contributed by atoms with Crippen LogP contribution in [-0.2, 0) is 0 Å². The van der Waals surface area contributed by atoms with Crippen LogP contribution in [0.2, 0.25) is 0 Å². The molecule has 0 spiro atoms. The topological polar surface area (TPSA) is 74.6 Å². The lowest BCUT2D eigenvalue weighted by Crippen LogP contribution is -2.38. The van der Waals surface area contributed by atoms with Gasteiger partial charge in [-0.05, 0) is 24.1 Å². The fourth-order valence-corrected chi connectivity index (χ4v) is 2.66. The number of phenolic OH excluding ortho intramolecular Hbond substituents is 1. The summed E-state index contributed by atoms with van der Waals surface area (Å²) in [6.07, 6.45) is 0.122. The second-order valence-electron chi connectivity index (χ2n) is 5.70. The standard InChI is InChI=1S/C17H24N2O3/c1-5-13(18-10(2)3)17(21)12-6-8-14(20)16-11(12)7-9-15(19-16)22-4/h6-10,13,17-18,20-21H,5H2,1-4H3. The first-order chi connectivity index (χ1) is 10.5. The number of ether oxygens (including phenoxy) is 1. The first kappa shape index (κ1) is 16.5. The minimum absolute atomic E-state index is 0.0603. The van der Waals surface area contributed by atoms with E-state index in [0.29, 0.717) is 11.4 Å². The van der Waals surface area contributed by atoms with Crippen LogP contribution in [0.15, 0.2) is 24.3 Å². The number of aliphatic hydroxyl groups excluding tert-OH is 1. The Labute approximate surface area is 131 Å². The maximum atomic E-state index is 10.7. The second-order valence-corrected chi connectivity index (χ2v) is 5.70. The number of aromatic hydroxyl groups is 1. The molecule has 1 heterocycles. The SMILES string of the molecule is CCC(NC(C)C)C(O)c1ccc(O)c2nc(OC)ccc12. The van der Waals surface area contributed by atoms with Gasteiger partial charge in [-0.25, -0.2) is 4.98 Å². The zero-order valence-corrected chi connectivity index (χ0v) is 13.5. The molecule has 0 radical (unpaired) electrons. The van der Waals surface area contributed by atoms with Gasteiger partial charge in [-0.15, -0.1) is 0 Å². The molecule has 2 unspecified atom stereocenters. The number of hydrogen-bond acceptors (Lipinski definition) is 5. The zero-order valence-electron chi connectivity index (χ0n) is 13.5. The average Bonchev–Trinajstić information content (AvgIpc) is 2.52. The van der Waals surface area contributed by atoms with E-state index in [1.165, 1.54) is 7.11 Å². The van der Waals surface area contributed by atoms with Gasteiger partial charge in [-0.1, -0.05) is 26.8 Å². The Morgan fingerprint density at radius 3 is 2.55 bits per heavy atom. The summed E-state index contributed by atoms with van der Waals surface area (Å²) in [6, 6.07) is 7.09. The van der Waals surface area contributed by atoms with Crippen LogP contribution in [0.25, 0.3) is 10.9 Å². The highest BCUT2D eigenvalue weighted by Crippen LogP contribution is 2.33. The first-order valence-electron chi connectivity index (χ1n) is 7.58. The predicted molar refractivity (Wildman–Crippen MR) is 87.3 cm³/mol. The normalized spacial score (nSPS) is 14.3. The summed E-state index contributed by atoms with van der Waals surface area (Å²) < 4.78 is 5.10. The summed E-state index contributed by atoms with van der Waals surface area (Å²) in [7, 11) is 1.53. The molecule has 2 aromatic rings. The van der Waals surface area contributed by atoms with E-state index in [0.717, 1.165) is 17.4 Å². The number of pyridine rings is 1. The van der Waals surface area contributed by atoms with Gasteiger partial charge >= 0.3 is 0 Å². The Kier molecular flexibility index (Phi) is 5.21. The molecule has 0 aliphatic rings. The molecule has 0 saturated carbocycles. The number of aromatic nitrogens is 1. The average molecular weight is 304 g/mol. The summed E-state index contributed by atoms with van der Waals surface area (Å²) >= 11 is 0. The van der Waals surface area contributed by atoms with Crippen LogP contribution in [0.3, 0.4) is 0 Å². The fourth-order valence-electron chi connectivity index (χ4n) is 2.66. The molecule has 0 amide bonds. The molecule has 2 rings (SSSR count). The lowest BCUT2D eigenvalue weighted by atomic mass is 9.95. The van der Waals surface area contributed by atoms with Gasteiger partial charge in [0.05, 0.1) is 13.2 Å². The number of benzene rings is 1. The van der Waals surface area contributed by atoms with E-state index in [9.17, 15) is 10.2 Å². The molecule has 0 bridgehead atoms. The van der Waals surface area contributed by atoms with E-state index < -0.39 is 6.10 Å².